The lowest BCUT2D eigenvalue weighted by atomic mass is 10.1. The summed E-state index contributed by atoms with van der Waals surface area (Å²) in [6, 6.07) is 21.5. The molecule has 3 aromatic carbocycles. The average Bonchev–Trinajstić information content (AvgIpc) is 2.74. The van der Waals surface area contributed by atoms with Crippen LogP contribution in [0.3, 0.4) is 0 Å². The second-order valence-electron chi connectivity index (χ2n) is 6.61. The minimum absolute atomic E-state index is 0.00253. The van der Waals surface area contributed by atoms with E-state index in [-0.39, 0.29) is 5.69 Å². The molecule has 0 radical (unpaired) electrons. The number of fused-ring (bicyclic) bond motifs is 1. The molecule has 1 heterocycles. The lowest BCUT2D eigenvalue weighted by Gasteiger charge is -2.07. The van der Waals surface area contributed by atoms with Crippen molar-refractivity contribution >= 4 is 22.3 Å². The van der Waals surface area contributed by atoms with Crippen LogP contribution in [-0.4, -0.2) is 12.0 Å². The third kappa shape index (κ3) is 3.87. The molecule has 0 spiro atoms. The van der Waals surface area contributed by atoms with Gasteiger partial charge in [-0.3, -0.25) is 10.1 Å². The van der Waals surface area contributed by atoms with E-state index < -0.39 is 4.92 Å². The van der Waals surface area contributed by atoms with Crippen molar-refractivity contribution in [1.82, 2.24) is 0 Å². The molecule has 29 heavy (non-hydrogen) atoms. The molecule has 0 unspecified atom stereocenters. The summed E-state index contributed by atoms with van der Waals surface area (Å²) >= 11 is 0. The molecule has 0 atom stereocenters. The number of methoxy groups -OCH3 is 1. The summed E-state index contributed by atoms with van der Waals surface area (Å²) in [4.78, 5) is 15.4. The number of rotatable bonds is 4. The molecule has 0 saturated heterocycles. The Kier molecular flexibility index (Phi) is 4.83. The van der Waals surface area contributed by atoms with Gasteiger partial charge in [-0.25, -0.2) is 4.99 Å². The number of ether oxygens (including phenoxy) is 1. The Morgan fingerprint density at radius 1 is 1.00 bits per heavy atom. The number of nitrogens with zero attached hydrogens (tertiary/aromatic N) is 2. The van der Waals surface area contributed by atoms with Gasteiger partial charge in [0.05, 0.1) is 23.1 Å². The zero-order valence-electron chi connectivity index (χ0n) is 16.0. The first-order valence-corrected chi connectivity index (χ1v) is 9.01. The molecule has 0 amide bonds. The van der Waals surface area contributed by atoms with E-state index in [1.165, 1.54) is 12.1 Å². The third-order valence-corrected chi connectivity index (χ3v) is 4.56. The van der Waals surface area contributed by atoms with Crippen molar-refractivity contribution in [3.8, 4) is 17.1 Å². The monoisotopic (exact) mass is 386 g/mol. The summed E-state index contributed by atoms with van der Waals surface area (Å²) in [6.07, 6.45) is 0. The number of aryl methyl sites for hydroxylation is 1. The molecule has 0 saturated carbocycles. The predicted octanol–water partition coefficient (Wildman–Crippen LogP) is 5.56. The van der Waals surface area contributed by atoms with Gasteiger partial charge in [0.15, 0.2) is 0 Å². The van der Waals surface area contributed by atoms with Crippen molar-refractivity contribution in [2.75, 3.05) is 7.11 Å². The van der Waals surface area contributed by atoms with Crippen LogP contribution in [0.1, 0.15) is 5.56 Å². The summed E-state index contributed by atoms with van der Waals surface area (Å²) in [5.74, 6) is 1.40. The van der Waals surface area contributed by atoms with E-state index in [4.69, 9.17) is 9.15 Å². The van der Waals surface area contributed by atoms with E-state index >= 15 is 0 Å². The normalized spacial score (nSPS) is 11.6. The van der Waals surface area contributed by atoms with E-state index in [0.717, 1.165) is 22.3 Å². The number of nitro groups is 1. The maximum atomic E-state index is 11.1. The second kappa shape index (κ2) is 7.59. The average molecular weight is 386 g/mol. The lowest BCUT2D eigenvalue weighted by Crippen LogP contribution is -2.03. The zero-order valence-corrected chi connectivity index (χ0v) is 16.0. The lowest BCUT2D eigenvalue weighted by molar-refractivity contribution is -0.384. The number of hydrogen-bond donors (Lipinski definition) is 0. The van der Waals surface area contributed by atoms with Crippen molar-refractivity contribution in [1.29, 1.82) is 0 Å². The van der Waals surface area contributed by atoms with Crippen LogP contribution in [0.5, 0.6) is 5.75 Å². The molecule has 0 aliphatic rings. The van der Waals surface area contributed by atoms with Crippen LogP contribution < -0.4 is 10.1 Å². The quantitative estimate of drug-likeness (QED) is 0.340. The van der Waals surface area contributed by atoms with Crippen molar-refractivity contribution in [2.24, 2.45) is 4.99 Å². The molecule has 0 fully saturated rings. The highest BCUT2D eigenvalue weighted by Gasteiger charge is 2.09. The Labute approximate surface area is 166 Å². The van der Waals surface area contributed by atoms with E-state index in [9.17, 15) is 10.1 Å². The SMILES string of the molecule is COc1ccc(-c2cc(=Nc3cccc([N+](=O)[O-])c3)c3cc(C)ccc3o2)cc1. The van der Waals surface area contributed by atoms with Gasteiger partial charge in [0.1, 0.15) is 17.1 Å². The molecular formula is C23H18N2O4. The predicted molar refractivity (Wildman–Crippen MR) is 111 cm³/mol. The third-order valence-electron chi connectivity index (χ3n) is 4.56. The largest absolute Gasteiger partial charge is 0.497 e. The van der Waals surface area contributed by atoms with Gasteiger partial charge in [-0.2, -0.15) is 0 Å². The molecule has 6 nitrogen and oxygen atoms in total. The fraction of sp³-hybridized carbons (Fsp3) is 0.0870. The van der Waals surface area contributed by atoms with Crippen molar-refractivity contribution in [2.45, 2.75) is 6.92 Å². The molecule has 4 rings (SSSR count). The summed E-state index contributed by atoms with van der Waals surface area (Å²) in [5.41, 5.74) is 3.15. The first kappa shape index (κ1) is 18.4. The maximum Gasteiger partial charge on any atom is 0.271 e. The first-order valence-electron chi connectivity index (χ1n) is 9.01. The number of nitro benzene ring substituents is 1. The minimum Gasteiger partial charge on any atom is -0.497 e. The maximum absolute atomic E-state index is 11.1. The van der Waals surface area contributed by atoms with Gasteiger partial charge in [-0.15, -0.1) is 0 Å². The molecule has 4 aromatic rings. The molecular weight excluding hydrogens is 368 g/mol. The van der Waals surface area contributed by atoms with Gasteiger partial charge in [0, 0.05) is 29.1 Å². The molecule has 0 bridgehead atoms. The Balaban J connectivity index is 1.94. The van der Waals surface area contributed by atoms with Gasteiger partial charge < -0.3 is 9.15 Å². The van der Waals surface area contributed by atoms with Crippen molar-refractivity contribution in [3.63, 3.8) is 0 Å². The van der Waals surface area contributed by atoms with Crippen molar-refractivity contribution in [3.05, 3.63) is 93.8 Å². The first-order chi connectivity index (χ1) is 14.0. The van der Waals surface area contributed by atoms with Crippen LogP contribution in [0.15, 0.2) is 82.2 Å². The van der Waals surface area contributed by atoms with Crippen molar-refractivity contribution < 1.29 is 14.1 Å². The van der Waals surface area contributed by atoms with E-state index in [2.05, 4.69) is 4.99 Å². The standard InChI is InChI=1S/C23H18N2O4/c1-15-6-11-22-20(12-15)21(24-17-4-3-5-18(13-17)25(26)27)14-23(29-22)16-7-9-19(28-2)10-8-16/h3-14H,1-2H3. The number of non-ortho nitro benzene ring substituents is 1. The van der Waals surface area contributed by atoms with Gasteiger partial charge >= 0.3 is 0 Å². The van der Waals surface area contributed by atoms with Gasteiger partial charge in [0.2, 0.25) is 0 Å². The molecule has 0 aliphatic carbocycles. The molecule has 6 heteroatoms. The molecule has 0 N–H and O–H groups in total. The highest BCUT2D eigenvalue weighted by molar-refractivity contribution is 5.79. The summed E-state index contributed by atoms with van der Waals surface area (Å²) in [6.45, 7) is 1.99. The molecule has 1 aromatic heterocycles. The highest BCUT2D eigenvalue weighted by atomic mass is 16.6. The van der Waals surface area contributed by atoms with E-state index in [1.807, 2.05) is 55.5 Å². The summed E-state index contributed by atoms with van der Waals surface area (Å²) in [7, 11) is 1.62. The van der Waals surface area contributed by atoms with Crippen LogP contribution in [0.2, 0.25) is 0 Å². The summed E-state index contributed by atoms with van der Waals surface area (Å²) < 4.78 is 11.3. The van der Waals surface area contributed by atoms with Crippen LogP contribution in [-0.2, 0) is 0 Å². The topological polar surface area (TPSA) is 77.9 Å². The van der Waals surface area contributed by atoms with Crippen LogP contribution in [0.25, 0.3) is 22.3 Å². The second-order valence-corrected chi connectivity index (χ2v) is 6.61. The highest BCUT2D eigenvalue weighted by Crippen LogP contribution is 2.26. The van der Waals surface area contributed by atoms with Gasteiger partial charge in [0.25, 0.3) is 5.69 Å². The Hall–Kier alpha value is -3.93. The smallest absolute Gasteiger partial charge is 0.271 e. The van der Waals surface area contributed by atoms with Crippen LogP contribution in [0.4, 0.5) is 11.4 Å². The van der Waals surface area contributed by atoms with E-state index in [0.29, 0.717) is 22.4 Å². The minimum atomic E-state index is -0.426. The molecule has 0 aliphatic heterocycles. The summed E-state index contributed by atoms with van der Waals surface area (Å²) in [5, 5.41) is 12.6. The number of hydrogen-bond acceptors (Lipinski definition) is 5. The molecule has 144 valence electrons. The van der Waals surface area contributed by atoms with Crippen LogP contribution in [0, 0.1) is 17.0 Å². The van der Waals surface area contributed by atoms with Gasteiger partial charge in [-0.1, -0.05) is 17.7 Å². The Morgan fingerprint density at radius 3 is 2.52 bits per heavy atom. The van der Waals surface area contributed by atoms with Gasteiger partial charge in [-0.05, 0) is 49.4 Å². The Bertz CT molecular complexity index is 1270. The van der Waals surface area contributed by atoms with Crippen LogP contribution >= 0.6 is 0 Å². The van der Waals surface area contributed by atoms with E-state index in [1.54, 1.807) is 19.2 Å². The fourth-order valence-electron chi connectivity index (χ4n) is 3.09. The zero-order chi connectivity index (χ0) is 20.4. The number of benzene rings is 3. The Morgan fingerprint density at radius 2 is 1.79 bits per heavy atom. The fourth-order valence-corrected chi connectivity index (χ4v) is 3.09.